The molecule has 1 N–H and O–H groups in total. The number of benzene rings is 1. The first-order valence-corrected chi connectivity index (χ1v) is 10.3. The summed E-state index contributed by atoms with van der Waals surface area (Å²) in [6, 6.07) is 5.20. The molecule has 8 nitrogen and oxygen atoms in total. The van der Waals surface area contributed by atoms with Gasteiger partial charge in [-0.15, -0.1) is 0 Å². The van der Waals surface area contributed by atoms with Gasteiger partial charge in [0.1, 0.15) is 11.5 Å². The molecule has 1 amide bonds. The Morgan fingerprint density at radius 2 is 1.97 bits per heavy atom. The summed E-state index contributed by atoms with van der Waals surface area (Å²) in [5, 5.41) is 10.6. The topological polar surface area (TPSA) is 92.2 Å². The smallest absolute Gasteiger partial charge is 0.409 e. The number of Topliss-reactive ketones (excluding diaryl/α,β-unsaturated/α-hetero) is 1. The average molecular weight is 423 g/mol. The zero-order valence-corrected chi connectivity index (χ0v) is 17.6. The van der Waals surface area contributed by atoms with Crippen LogP contribution in [-0.4, -0.2) is 64.6 Å². The number of rotatable bonds is 4. The molecule has 0 atom stereocenters. The monoisotopic (exact) mass is 423 g/mol. The molecule has 0 radical (unpaired) electrons. The number of hydrogen-bond acceptors (Lipinski definition) is 7. The van der Waals surface area contributed by atoms with E-state index in [0.29, 0.717) is 61.8 Å². The van der Waals surface area contributed by atoms with Gasteiger partial charge in [-0.3, -0.25) is 14.7 Å². The van der Waals surface area contributed by atoms with Crippen LogP contribution in [0.2, 0.25) is 0 Å². The number of aromatic nitrogens is 1. The molecule has 31 heavy (non-hydrogen) atoms. The number of hydrogen-bond donors (Lipinski definition) is 1. The zero-order valence-electron chi connectivity index (χ0n) is 17.6. The molecule has 1 aromatic carbocycles. The molecule has 1 fully saturated rings. The van der Waals surface area contributed by atoms with E-state index < -0.39 is 0 Å². The normalized spacial score (nSPS) is 17.5. The molecule has 1 saturated heterocycles. The van der Waals surface area contributed by atoms with E-state index >= 15 is 0 Å². The lowest BCUT2D eigenvalue weighted by atomic mass is 9.99. The Bertz CT molecular complexity index is 1030. The number of amides is 1. The van der Waals surface area contributed by atoms with Gasteiger partial charge in [-0.2, -0.15) is 0 Å². The Labute approximate surface area is 180 Å². The second-order valence-corrected chi connectivity index (χ2v) is 7.58. The summed E-state index contributed by atoms with van der Waals surface area (Å²) >= 11 is 0. The number of ether oxygens (including phenoxy) is 2. The largest absolute Gasteiger partial charge is 0.507 e. The molecule has 0 saturated carbocycles. The minimum atomic E-state index is -0.305. The third-order valence-electron chi connectivity index (χ3n) is 5.50. The molecule has 0 bridgehead atoms. The predicted molar refractivity (Wildman–Crippen MR) is 114 cm³/mol. The Kier molecular flexibility index (Phi) is 5.90. The highest BCUT2D eigenvalue weighted by Crippen LogP contribution is 2.42. The highest BCUT2D eigenvalue weighted by molar-refractivity contribution is 6.15. The first-order valence-electron chi connectivity index (χ1n) is 10.3. The quantitative estimate of drug-likeness (QED) is 0.756. The molecule has 2 aliphatic heterocycles. The molecule has 2 aromatic rings. The van der Waals surface area contributed by atoms with Gasteiger partial charge in [-0.1, -0.05) is 0 Å². The fraction of sp³-hybridized carbons (Fsp3) is 0.348. The van der Waals surface area contributed by atoms with Crippen molar-refractivity contribution in [3.8, 4) is 11.5 Å². The van der Waals surface area contributed by atoms with E-state index in [9.17, 15) is 14.7 Å². The summed E-state index contributed by atoms with van der Waals surface area (Å²) in [4.78, 5) is 32.7. The van der Waals surface area contributed by atoms with Crippen molar-refractivity contribution >= 4 is 18.0 Å². The van der Waals surface area contributed by atoms with Crippen LogP contribution in [-0.2, 0) is 11.3 Å². The van der Waals surface area contributed by atoms with Crippen LogP contribution in [0.5, 0.6) is 11.5 Å². The van der Waals surface area contributed by atoms with Crippen molar-refractivity contribution in [1.29, 1.82) is 0 Å². The third kappa shape index (κ3) is 4.25. The van der Waals surface area contributed by atoms with Crippen molar-refractivity contribution in [3.63, 3.8) is 0 Å². The number of fused-ring (bicyclic) bond motifs is 1. The van der Waals surface area contributed by atoms with Crippen molar-refractivity contribution < 1.29 is 24.2 Å². The van der Waals surface area contributed by atoms with Crippen LogP contribution in [0.15, 0.2) is 36.4 Å². The lowest BCUT2D eigenvalue weighted by Crippen LogP contribution is -2.48. The Morgan fingerprint density at radius 3 is 2.65 bits per heavy atom. The number of carbonyl (C=O) groups excluding carboxylic acids is 2. The van der Waals surface area contributed by atoms with Gasteiger partial charge < -0.3 is 19.5 Å². The molecular formula is C23H25N3O5. The molecule has 4 rings (SSSR count). The van der Waals surface area contributed by atoms with Crippen LogP contribution in [0.25, 0.3) is 6.08 Å². The number of phenolic OH excluding ortho intramolecular Hbond substituents is 1. The molecule has 8 heteroatoms. The number of carbonyl (C=O) groups is 2. The van der Waals surface area contributed by atoms with E-state index in [-0.39, 0.29) is 23.4 Å². The molecule has 0 unspecified atom stereocenters. The number of aromatic hydroxyl groups is 1. The fourth-order valence-electron chi connectivity index (χ4n) is 3.87. The minimum Gasteiger partial charge on any atom is -0.507 e. The molecule has 162 valence electrons. The Hall–Kier alpha value is -3.39. The van der Waals surface area contributed by atoms with E-state index in [1.165, 1.54) is 0 Å². The Morgan fingerprint density at radius 1 is 1.26 bits per heavy atom. The van der Waals surface area contributed by atoms with Crippen molar-refractivity contribution in [3.05, 3.63) is 58.6 Å². The SMILES string of the molecule is CCOC(=O)N1CCN(Cc2c(O)cc(C)c3c2O/C(=C\c2ccncc2)C3=O)CC1. The maximum atomic E-state index is 13.0. The maximum absolute atomic E-state index is 13.0. The summed E-state index contributed by atoms with van der Waals surface area (Å²) < 4.78 is 11.0. The Balaban J connectivity index is 1.55. The van der Waals surface area contributed by atoms with Crippen molar-refractivity contribution in [2.24, 2.45) is 0 Å². The molecule has 0 aliphatic carbocycles. The van der Waals surface area contributed by atoms with Crippen LogP contribution in [0.1, 0.15) is 34.0 Å². The molecular weight excluding hydrogens is 398 g/mol. The van der Waals surface area contributed by atoms with Gasteiger partial charge >= 0.3 is 6.09 Å². The van der Waals surface area contributed by atoms with Crippen LogP contribution in [0.4, 0.5) is 4.79 Å². The first kappa shape index (κ1) is 20.9. The lowest BCUT2D eigenvalue weighted by Gasteiger charge is -2.34. The summed E-state index contributed by atoms with van der Waals surface area (Å²) in [6.45, 7) is 6.69. The second kappa shape index (κ2) is 8.77. The minimum absolute atomic E-state index is 0.0991. The number of aryl methyl sites for hydroxylation is 1. The van der Waals surface area contributed by atoms with E-state index in [1.807, 2.05) is 0 Å². The van der Waals surface area contributed by atoms with Crippen LogP contribution in [0, 0.1) is 6.92 Å². The number of piperazine rings is 1. The number of allylic oxidation sites excluding steroid dienone is 1. The molecule has 2 aliphatic rings. The highest BCUT2D eigenvalue weighted by Gasteiger charge is 2.34. The van der Waals surface area contributed by atoms with E-state index in [2.05, 4.69) is 9.88 Å². The van der Waals surface area contributed by atoms with Gasteiger partial charge in [0.15, 0.2) is 5.76 Å². The third-order valence-corrected chi connectivity index (χ3v) is 5.50. The summed E-state index contributed by atoms with van der Waals surface area (Å²) in [5.41, 5.74) is 2.55. The van der Waals surface area contributed by atoms with E-state index in [4.69, 9.17) is 9.47 Å². The van der Waals surface area contributed by atoms with Gasteiger partial charge in [-0.25, -0.2) is 4.79 Å². The maximum Gasteiger partial charge on any atom is 0.409 e. The van der Waals surface area contributed by atoms with Crippen molar-refractivity contribution in [2.75, 3.05) is 32.8 Å². The van der Waals surface area contributed by atoms with Gasteiger partial charge in [0.2, 0.25) is 5.78 Å². The van der Waals surface area contributed by atoms with Gasteiger partial charge in [0.25, 0.3) is 0 Å². The van der Waals surface area contributed by atoms with Crippen molar-refractivity contribution in [2.45, 2.75) is 20.4 Å². The van der Waals surface area contributed by atoms with Gasteiger partial charge in [0, 0.05) is 45.1 Å². The molecule has 3 heterocycles. The fourth-order valence-corrected chi connectivity index (χ4v) is 3.87. The van der Waals surface area contributed by atoms with Crippen LogP contribution >= 0.6 is 0 Å². The molecule has 1 aromatic heterocycles. The molecule has 0 spiro atoms. The van der Waals surface area contributed by atoms with Crippen molar-refractivity contribution in [1.82, 2.24) is 14.8 Å². The second-order valence-electron chi connectivity index (χ2n) is 7.58. The van der Waals surface area contributed by atoms with Crippen LogP contribution < -0.4 is 4.74 Å². The summed E-state index contributed by atoms with van der Waals surface area (Å²) in [5.74, 6) is 0.540. The van der Waals surface area contributed by atoms with Gasteiger partial charge in [-0.05, 0) is 49.2 Å². The van der Waals surface area contributed by atoms with Crippen LogP contribution in [0.3, 0.4) is 0 Å². The zero-order chi connectivity index (χ0) is 22.0. The summed E-state index contributed by atoms with van der Waals surface area (Å²) in [7, 11) is 0. The van der Waals surface area contributed by atoms with E-state index in [0.717, 1.165) is 5.56 Å². The highest BCUT2D eigenvalue weighted by atomic mass is 16.6. The lowest BCUT2D eigenvalue weighted by molar-refractivity contribution is 0.0774. The van der Waals surface area contributed by atoms with Gasteiger partial charge in [0.05, 0.1) is 17.7 Å². The predicted octanol–water partition coefficient (Wildman–Crippen LogP) is 2.99. The number of nitrogens with zero attached hydrogens (tertiary/aromatic N) is 3. The summed E-state index contributed by atoms with van der Waals surface area (Å²) in [6.07, 6.45) is 4.68. The standard InChI is InChI=1S/C23H25N3O5/c1-3-30-23(29)26-10-8-25(9-11-26)14-17-18(27)12-15(2)20-21(28)19(31-22(17)20)13-16-4-6-24-7-5-16/h4-7,12-13,27H,3,8-11,14H2,1-2H3/b19-13-. The first-order chi connectivity index (χ1) is 15.0. The van der Waals surface area contributed by atoms with E-state index in [1.54, 1.807) is 55.4 Å². The number of pyridine rings is 1. The average Bonchev–Trinajstić information content (AvgIpc) is 3.09. The number of ketones is 1. The number of phenols is 1.